The third-order valence-electron chi connectivity index (χ3n) is 4.73. The minimum atomic E-state index is -0.106. The highest BCUT2D eigenvalue weighted by Crippen LogP contribution is 2.21. The van der Waals surface area contributed by atoms with Gasteiger partial charge in [0.2, 0.25) is 0 Å². The summed E-state index contributed by atoms with van der Waals surface area (Å²) in [7, 11) is 0. The summed E-state index contributed by atoms with van der Waals surface area (Å²) >= 11 is 0. The molecule has 1 aliphatic rings. The van der Waals surface area contributed by atoms with Crippen molar-refractivity contribution >= 4 is 22.6 Å². The molecule has 1 amide bonds. The lowest BCUT2D eigenvalue weighted by Crippen LogP contribution is -2.37. The van der Waals surface area contributed by atoms with Crippen LogP contribution in [-0.2, 0) is 13.0 Å². The van der Waals surface area contributed by atoms with Crippen molar-refractivity contribution in [2.75, 3.05) is 6.54 Å². The minimum Gasteiger partial charge on any atom is -0.332 e. The van der Waals surface area contributed by atoms with Crippen molar-refractivity contribution in [1.29, 1.82) is 0 Å². The Labute approximate surface area is 149 Å². The molecule has 3 aromatic heterocycles. The van der Waals surface area contributed by atoms with Crippen molar-refractivity contribution in [2.45, 2.75) is 19.9 Å². The van der Waals surface area contributed by atoms with Gasteiger partial charge in [-0.05, 0) is 19.1 Å². The predicted octanol–water partition coefficient (Wildman–Crippen LogP) is 2.18. The van der Waals surface area contributed by atoms with Gasteiger partial charge in [0.25, 0.3) is 5.91 Å². The normalized spacial score (nSPS) is 14.0. The molecule has 5 rings (SSSR count). The van der Waals surface area contributed by atoms with Crippen LogP contribution in [0.15, 0.2) is 42.7 Å². The van der Waals surface area contributed by atoms with Gasteiger partial charge in [-0.1, -0.05) is 12.1 Å². The van der Waals surface area contributed by atoms with Crippen LogP contribution in [0.2, 0.25) is 0 Å². The lowest BCUT2D eigenvalue weighted by molar-refractivity contribution is 0.0726. The van der Waals surface area contributed by atoms with Crippen LogP contribution >= 0.6 is 0 Å². The minimum absolute atomic E-state index is 0.106. The number of hydrogen-bond acceptors (Lipinski definition) is 5. The summed E-state index contributed by atoms with van der Waals surface area (Å²) in [6, 6.07) is 9.51. The molecule has 7 nitrogen and oxygen atoms in total. The average molecular weight is 344 g/mol. The number of aryl methyl sites for hydroxylation is 1. The first-order valence-corrected chi connectivity index (χ1v) is 8.53. The molecule has 0 atom stereocenters. The van der Waals surface area contributed by atoms with Gasteiger partial charge in [0.1, 0.15) is 5.69 Å². The van der Waals surface area contributed by atoms with Crippen molar-refractivity contribution in [3.05, 3.63) is 65.4 Å². The smallest absolute Gasteiger partial charge is 0.274 e. The quantitative estimate of drug-likeness (QED) is 0.529. The summed E-state index contributed by atoms with van der Waals surface area (Å²) in [6.07, 6.45) is 4.14. The van der Waals surface area contributed by atoms with E-state index < -0.39 is 0 Å². The maximum atomic E-state index is 12.9. The van der Waals surface area contributed by atoms with E-state index in [-0.39, 0.29) is 5.91 Å². The zero-order chi connectivity index (χ0) is 17.7. The zero-order valence-electron chi connectivity index (χ0n) is 14.3. The summed E-state index contributed by atoms with van der Waals surface area (Å²) in [4.78, 5) is 28.0. The van der Waals surface area contributed by atoms with Crippen molar-refractivity contribution < 1.29 is 4.79 Å². The molecule has 0 saturated carbocycles. The third kappa shape index (κ3) is 2.32. The third-order valence-corrected chi connectivity index (χ3v) is 4.73. The molecule has 1 aromatic carbocycles. The number of aromatic nitrogens is 5. The van der Waals surface area contributed by atoms with Crippen LogP contribution in [-0.4, -0.2) is 41.9 Å². The molecule has 4 aromatic rings. The molecule has 0 N–H and O–H groups in total. The molecule has 7 heteroatoms. The number of fused-ring (bicyclic) bond motifs is 4. The molecule has 0 saturated heterocycles. The maximum Gasteiger partial charge on any atom is 0.274 e. The fourth-order valence-electron chi connectivity index (χ4n) is 3.45. The summed E-state index contributed by atoms with van der Waals surface area (Å²) in [6.45, 7) is 3.08. The van der Waals surface area contributed by atoms with E-state index in [4.69, 9.17) is 0 Å². The highest BCUT2D eigenvalue weighted by Gasteiger charge is 2.25. The Morgan fingerprint density at radius 1 is 1.12 bits per heavy atom. The number of carbonyl (C=O) groups is 1. The lowest BCUT2D eigenvalue weighted by Gasteiger charge is -2.28. The predicted molar refractivity (Wildman–Crippen MR) is 95.7 cm³/mol. The second kappa shape index (κ2) is 5.59. The van der Waals surface area contributed by atoms with E-state index >= 15 is 0 Å². The van der Waals surface area contributed by atoms with E-state index in [1.54, 1.807) is 11.1 Å². The molecule has 1 aliphatic heterocycles. The first kappa shape index (κ1) is 14.9. The van der Waals surface area contributed by atoms with E-state index in [9.17, 15) is 4.79 Å². The van der Waals surface area contributed by atoms with Crippen molar-refractivity contribution in [3.8, 4) is 0 Å². The molecule has 0 fully saturated rings. The number of carbonyl (C=O) groups excluding carboxylic acids is 1. The van der Waals surface area contributed by atoms with E-state index in [0.717, 1.165) is 40.1 Å². The second-order valence-corrected chi connectivity index (χ2v) is 6.51. The Balaban J connectivity index is 1.47. The molecule has 0 spiro atoms. The number of rotatable bonds is 1. The molecular weight excluding hydrogens is 328 g/mol. The van der Waals surface area contributed by atoms with Crippen LogP contribution in [0, 0.1) is 6.92 Å². The number of benzene rings is 1. The van der Waals surface area contributed by atoms with Crippen LogP contribution in [0.1, 0.15) is 27.4 Å². The van der Waals surface area contributed by atoms with Crippen LogP contribution in [0.5, 0.6) is 0 Å². The van der Waals surface area contributed by atoms with Gasteiger partial charge in [0.05, 0.1) is 28.6 Å². The van der Waals surface area contributed by atoms with Gasteiger partial charge in [-0.25, -0.2) is 14.5 Å². The van der Waals surface area contributed by atoms with Gasteiger partial charge in [-0.2, -0.15) is 5.10 Å². The second-order valence-electron chi connectivity index (χ2n) is 6.51. The molecule has 0 unspecified atom stereocenters. The number of para-hydroxylation sites is 2. The Morgan fingerprint density at radius 3 is 2.85 bits per heavy atom. The number of nitrogens with zero attached hydrogens (tertiary/aromatic N) is 6. The van der Waals surface area contributed by atoms with E-state index in [2.05, 4.69) is 20.1 Å². The summed E-state index contributed by atoms with van der Waals surface area (Å²) < 4.78 is 1.89. The summed E-state index contributed by atoms with van der Waals surface area (Å²) in [5.74, 6) is -0.106. The van der Waals surface area contributed by atoms with Crippen LogP contribution in [0.4, 0.5) is 0 Å². The highest BCUT2D eigenvalue weighted by molar-refractivity contribution is 5.93. The molecule has 26 heavy (non-hydrogen) atoms. The monoisotopic (exact) mass is 344 g/mol. The SMILES string of the molecule is Cc1cc2ncc3c(n2n1)CCN(C(=O)c1cnc2ccccc2n1)C3. The lowest BCUT2D eigenvalue weighted by atomic mass is 10.1. The standard InChI is InChI=1S/C19H16N6O/c1-12-8-18-21-9-13-11-24(7-6-17(13)25(18)23-12)19(26)16-10-20-14-4-2-3-5-15(14)22-16/h2-5,8-10H,6-7,11H2,1H3. The average Bonchev–Trinajstić information content (AvgIpc) is 3.07. The fraction of sp³-hybridized carbons (Fsp3) is 0.211. The first-order chi connectivity index (χ1) is 12.7. The van der Waals surface area contributed by atoms with E-state index in [1.807, 2.05) is 48.0 Å². The van der Waals surface area contributed by atoms with Crippen LogP contribution in [0.25, 0.3) is 16.7 Å². The Bertz CT molecular complexity index is 1170. The summed E-state index contributed by atoms with van der Waals surface area (Å²) in [5, 5.41) is 4.52. The van der Waals surface area contributed by atoms with Crippen LogP contribution in [0.3, 0.4) is 0 Å². The van der Waals surface area contributed by atoms with Crippen molar-refractivity contribution in [3.63, 3.8) is 0 Å². The molecule has 128 valence electrons. The van der Waals surface area contributed by atoms with Gasteiger partial charge in [0, 0.05) is 37.3 Å². The largest absolute Gasteiger partial charge is 0.332 e. The van der Waals surface area contributed by atoms with Gasteiger partial charge in [0.15, 0.2) is 5.65 Å². The number of hydrogen-bond donors (Lipinski definition) is 0. The zero-order valence-corrected chi connectivity index (χ0v) is 14.3. The molecule has 4 heterocycles. The Kier molecular flexibility index (Phi) is 3.21. The number of amides is 1. The molecule has 0 aliphatic carbocycles. The van der Waals surface area contributed by atoms with Gasteiger partial charge >= 0.3 is 0 Å². The van der Waals surface area contributed by atoms with Gasteiger partial charge in [-0.15, -0.1) is 0 Å². The molecular formula is C19H16N6O. The van der Waals surface area contributed by atoms with E-state index in [1.165, 1.54) is 0 Å². The first-order valence-electron chi connectivity index (χ1n) is 8.53. The molecule has 0 radical (unpaired) electrons. The topological polar surface area (TPSA) is 76.3 Å². The van der Waals surface area contributed by atoms with Gasteiger partial charge in [-0.3, -0.25) is 9.78 Å². The van der Waals surface area contributed by atoms with Crippen molar-refractivity contribution in [2.24, 2.45) is 0 Å². The van der Waals surface area contributed by atoms with E-state index in [0.29, 0.717) is 18.8 Å². The Morgan fingerprint density at radius 2 is 1.96 bits per heavy atom. The van der Waals surface area contributed by atoms with Crippen molar-refractivity contribution in [1.82, 2.24) is 29.5 Å². The highest BCUT2D eigenvalue weighted by atomic mass is 16.2. The molecule has 0 bridgehead atoms. The van der Waals surface area contributed by atoms with Crippen LogP contribution < -0.4 is 0 Å². The van der Waals surface area contributed by atoms with Gasteiger partial charge < -0.3 is 4.90 Å². The maximum absolute atomic E-state index is 12.9. The fourth-order valence-corrected chi connectivity index (χ4v) is 3.45. The Hall–Kier alpha value is -3.35. The summed E-state index contributed by atoms with van der Waals surface area (Å²) in [5.41, 5.74) is 5.82.